The van der Waals surface area contributed by atoms with Crippen molar-refractivity contribution < 1.29 is 9.13 Å². The molecule has 0 aromatic heterocycles. The van der Waals surface area contributed by atoms with Crippen molar-refractivity contribution in [1.29, 1.82) is 0 Å². The third-order valence-electron chi connectivity index (χ3n) is 2.40. The smallest absolute Gasteiger partial charge is 0.124 e. The van der Waals surface area contributed by atoms with E-state index in [1.165, 1.54) is 12.1 Å². The largest absolute Gasteiger partial charge is 0.371 e. The first-order chi connectivity index (χ1) is 6.93. The molecule has 0 atom stereocenters. The summed E-state index contributed by atoms with van der Waals surface area (Å²) in [6, 6.07) is 4.81. The predicted molar refractivity (Wildman–Crippen MR) is 63.3 cm³/mol. The van der Waals surface area contributed by atoms with E-state index in [2.05, 4.69) is 22.9 Å². The molecule has 0 aliphatic heterocycles. The van der Waals surface area contributed by atoms with Gasteiger partial charge in [-0.3, -0.25) is 0 Å². The quantitative estimate of drug-likeness (QED) is 0.796. The van der Waals surface area contributed by atoms with E-state index in [1.807, 2.05) is 19.9 Å². The molecule has 0 unspecified atom stereocenters. The minimum atomic E-state index is -0.239. The van der Waals surface area contributed by atoms with Crippen LogP contribution in [-0.2, 0) is 11.3 Å². The van der Waals surface area contributed by atoms with E-state index < -0.39 is 0 Å². The number of hydrogen-bond acceptors (Lipinski definition) is 1. The van der Waals surface area contributed by atoms with Gasteiger partial charge in [0.25, 0.3) is 0 Å². The normalized spacial score (nSPS) is 11.8. The highest BCUT2D eigenvalue weighted by atomic mass is 79.9. The van der Waals surface area contributed by atoms with Gasteiger partial charge in [0.15, 0.2) is 0 Å². The highest BCUT2D eigenvalue weighted by molar-refractivity contribution is 9.10. The molecular formula is C12H16BrFO. The molecule has 0 radical (unpaired) electrons. The van der Waals surface area contributed by atoms with Gasteiger partial charge in [-0.15, -0.1) is 0 Å². The van der Waals surface area contributed by atoms with E-state index in [4.69, 9.17) is 4.74 Å². The maximum absolute atomic E-state index is 13.0. The van der Waals surface area contributed by atoms with Gasteiger partial charge in [0, 0.05) is 4.47 Å². The summed E-state index contributed by atoms with van der Waals surface area (Å²) in [5.41, 5.74) is 0.696. The third kappa shape index (κ3) is 4.31. The first-order valence-electron chi connectivity index (χ1n) is 5.02. The molecule has 0 aliphatic carbocycles. The molecule has 0 aliphatic rings. The minimum Gasteiger partial charge on any atom is -0.371 e. The summed E-state index contributed by atoms with van der Waals surface area (Å²) < 4.78 is 19.5. The number of ether oxygens (including phenoxy) is 1. The first kappa shape index (κ1) is 12.7. The van der Waals surface area contributed by atoms with Crippen molar-refractivity contribution in [2.24, 2.45) is 0 Å². The average Bonchev–Trinajstić information content (AvgIpc) is 2.14. The van der Waals surface area contributed by atoms with Gasteiger partial charge in [-0.1, -0.05) is 22.9 Å². The molecule has 0 N–H and O–H groups in total. The molecule has 1 aromatic rings. The zero-order valence-corrected chi connectivity index (χ0v) is 10.9. The van der Waals surface area contributed by atoms with Crippen molar-refractivity contribution in [2.75, 3.05) is 0 Å². The van der Waals surface area contributed by atoms with Crippen LogP contribution in [0.5, 0.6) is 0 Å². The lowest BCUT2D eigenvalue weighted by Crippen LogP contribution is -2.22. The summed E-state index contributed by atoms with van der Waals surface area (Å²) >= 11 is 3.25. The maximum Gasteiger partial charge on any atom is 0.124 e. The molecule has 1 rings (SSSR count). The van der Waals surface area contributed by atoms with Gasteiger partial charge < -0.3 is 4.74 Å². The van der Waals surface area contributed by atoms with E-state index in [1.54, 1.807) is 0 Å². The van der Waals surface area contributed by atoms with E-state index in [-0.39, 0.29) is 11.4 Å². The van der Waals surface area contributed by atoms with Crippen LogP contribution in [0.1, 0.15) is 32.8 Å². The fraction of sp³-hybridized carbons (Fsp3) is 0.500. The Morgan fingerprint density at radius 3 is 2.53 bits per heavy atom. The minimum absolute atomic E-state index is 0.154. The van der Waals surface area contributed by atoms with Crippen molar-refractivity contribution in [3.05, 3.63) is 34.1 Å². The molecule has 0 spiro atoms. The van der Waals surface area contributed by atoms with Crippen molar-refractivity contribution in [3.63, 3.8) is 0 Å². The lowest BCUT2D eigenvalue weighted by Gasteiger charge is -2.23. The van der Waals surface area contributed by atoms with Gasteiger partial charge in [0.05, 0.1) is 12.2 Å². The van der Waals surface area contributed by atoms with Crippen molar-refractivity contribution in [3.8, 4) is 0 Å². The second-order valence-corrected chi connectivity index (χ2v) is 5.10. The Morgan fingerprint density at radius 2 is 2.00 bits per heavy atom. The second kappa shape index (κ2) is 5.08. The molecule has 15 heavy (non-hydrogen) atoms. The Balaban J connectivity index is 2.65. The highest BCUT2D eigenvalue weighted by Crippen LogP contribution is 2.19. The third-order valence-corrected chi connectivity index (χ3v) is 2.86. The lowest BCUT2D eigenvalue weighted by atomic mass is 10.1. The summed E-state index contributed by atoms with van der Waals surface area (Å²) in [4.78, 5) is 0. The summed E-state index contributed by atoms with van der Waals surface area (Å²) in [5, 5.41) is 0. The number of benzene rings is 1. The summed E-state index contributed by atoms with van der Waals surface area (Å²) in [5.74, 6) is -0.239. The Kier molecular flexibility index (Phi) is 4.29. The predicted octanol–water partition coefficient (Wildman–Crippen LogP) is 4.29. The Hall–Kier alpha value is -0.410. The molecule has 0 heterocycles. The summed E-state index contributed by atoms with van der Waals surface area (Å²) in [7, 11) is 0. The Bertz CT molecular complexity index is 316. The SMILES string of the molecule is CCC(C)(C)OCc1cc(F)cc(Br)c1. The van der Waals surface area contributed by atoms with E-state index >= 15 is 0 Å². The van der Waals surface area contributed by atoms with Crippen LogP contribution in [0.25, 0.3) is 0 Å². The van der Waals surface area contributed by atoms with Gasteiger partial charge in [0.2, 0.25) is 0 Å². The van der Waals surface area contributed by atoms with Crippen LogP contribution in [0.3, 0.4) is 0 Å². The van der Waals surface area contributed by atoms with Gasteiger partial charge >= 0.3 is 0 Å². The summed E-state index contributed by atoms with van der Waals surface area (Å²) in [6.07, 6.45) is 0.934. The van der Waals surface area contributed by atoms with Crippen molar-refractivity contribution >= 4 is 15.9 Å². The first-order valence-corrected chi connectivity index (χ1v) is 5.81. The number of rotatable bonds is 4. The Labute approximate surface area is 98.8 Å². The van der Waals surface area contributed by atoms with Gasteiger partial charge in [-0.05, 0) is 44.0 Å². The highest BCUT2D eigenvalue weighted by Gasteiger charge is 2.15. The average molecular weight is 275 g/mol. The molecule has 3 heteroatoms. The molecule has 1 aromatic carbocycles. The monoisotopic (exact) mass is 274 g/mol. The maximum atomic E-state index is 13.0. The van der Waals surface area contributed by atoms with Crippen LogP contribution in [0.15, 0.2) is 22.7 Å². The van der Waals surface area contributed by atoms with E-state index in [0.29, 0.717) is 6.61 Å². The van der Waals surface area contributed by atoms with Crippen LogP contribution < -0.4 is 0 Å². The van der Waals surface area contributed by atoms with Gasteiger partial charge in [-0.25, -0.2) is 4.39 Å². The second-order valence-electron chi connectivity index (χ2n) is 4.18. The molecule has 1 nitrogen and oxygen atoms in total. The summed E-state index contributed by atoms with van der Waals surface area (Å²) in [6.45, 7) is 6.57. The molecule has 0 fully saturated rings. The van der Waals surface area contributed by atoms with Gasteiger partial charge in [-0.2, -0.15) is 0 Å². The molecule has 0 bridgehead atoms. The van der Waals surface area contributed by atoms with Crippen LogP contribution in [0.2, 0.25) is 0 Å². The molecule has 0 saturated heterocycles. The Morgan fingerprint density at radius 1 is 1.33 bits per heavy atom. The fourth-order valence-electron chi connectivity index (χ4n) is 1.08. The molecule has 0 saturated carbocycles. The lowest BCUT2D eigenvalue weighted by molar-refractivity contribution is -0.0317. The zero-order valence-electron chi connectivity index (χ0n) is 9.31. The molecular weight excluding hydrogens is 259 g/mol. The zero-order chi connectivity index (χ0) is 11.5. The van der Waals surface area contributed by atoms with E-state index in [9.17, 15) is 4.39 Å². The van der Waals surface area contributed by atoms with Crippen LogP contribution in [0.4, 0.5) is 4.39 Å². The van der Waals surface area contributed by atoms with Crippen LogP contribution >= 0.6 is 15.9 Å². The number of halogens is 2. The molecule has 84 valence electrons. The number of hydrogen-bond donors (Lipinski definition) is 0. The topological polar surface area (TPSA) is 9.23 Å². The van der Waals surface area contributed by atoms with Crippen LogP contribution in [0, 0.1) is 5.82 Å². The van der Waals surface area contributed by atoms with Crippen molar-refractivity contribution in [2.45, 2.75) is 39.4 Å². The standard InChI is InChI=1S/C12H16BrFO/c1-4-12(2,3)15-8-9-5-10(13)7-11(14)6-9/h5-7H,4,8H2,1-3H3. The van der Waals surface area contributed by atoms with E-state index in [0.717, 1.165) is 16.5 Å². The van der Waals surface area contributed by atoms with Crippen LogP contribution in [-0.4, -0.2) is 5.60 Å². The molecule has 0 amide bonds. The van der Waals surface area contributed by atoms with Gasteiger partial charge in [0.1, 0.15) is 5.82 Å². The van der Waals surface area contributed by atoms with Crippen molar-refractivity contribution in [1.82, 2.24) is 0 Å². The fourth-order valence-corrected chi connectivity index (χ4v) is 1.59.